The minimum Gasteiger partial charge on any atom is -0.295 e. The van der Waals surface area contributed by atoms with Crippen LogP contribution >= 0.6 is 0 Å². The molecule has 0 spiro atoms. The highest BCUT2D eigenvalue weighted by Crippen LogP contribution is 2.37. The molecule has 0 saturated heterocycles. The molecular weight excluding hydrogens is 356 g/mol. The van der Waals surface area contributed by atoms with Gasteiger partial charge < -0.3 is 0 Å². The summed E-state index contributed by atoms with van der Waals surface area (Å²) in [6.45, 7) is 3.86. The molecule has 1 aliphatic carbocycles. The summed E-state index contributed by atoms with van der Waals surface area (Å²) in [5.41, 5.74) is 6.40. The van der Waals surface area contributed by atoms with E-state index in [4.69, 9.17) is 0 Å². The van der Waals surface area contributed by atoms with Crippen LogP contribution in [-0.4, -0.2) is 11.6 Å². The van der Waals surface area contributed by atoms with E-state index in [0.29, 0.717) is 6.42 Å². The van der Waals surface area contributed by atoms with Gasteiger partial charge in [0.05, 0.1) is 0 Å². The zero-order valence-electron chi connectivity index (χ0n) is 18.1. The lowest BCUT2D eigenvalue weighted by Crippen LogP contribution is -2.00. The summed E-state index contributed by atoms with van der Waals surface area (Å²) in [4.78, 5) is 24.3. The van der Waals surface area contributed by atoms with Crippen LogP contribution in [0.15, 0.2) is 36.4 Å². The van der Waals surface area contributed by atoms with E-state index in [-0.39, 0.29) is 11.6 Å². The average molecular weight is 391 g/mol. The molecule has 0 aliphatic heterocycles. The summed E-state index contributed by atoms with van der Waals surface area (Å²) in [6.07, 6.45) is 12.9. The number of Topliss-reactive ketones (excluding diaryl/α,β-unsaturated/α-hetero) is 2. The van der Waals surface area contributed by atoms with Crippen LogP contribution in [0.5, 0.6) is 0 Å². The molecule has 0 radical (unpaired) electrons. The third-order valence-corrected chi connectivity index (χ3v) is 6.12. The SMILES string of the molecule is CCCCCCCCCCCC(=O)c1ccc2c(c1)Cc1cc(C(C)=O)ccc1-2. The Labute approximate surface area is 175 Å². The standard InChI is InChI=1S/C27H34O2/c1-3-4-5-6-7-8-9-10-11-12-27(29)22-14-16-26-24(18-22)19-23-17-21(20(2)28)13-15-25(23)26/h13-18H,3-12,19H2,1-2H3. The lowest BCUT2D eigenvalue weighted by molar-refractivity contribution is 0.0977. The van der Waals surface area contributed by atoms with Crippen molar-refractivity contribution < 1.29 is 9.59 Å². The van der Waals surface area contributed by atoms with Crippen molar-refractivity contribution in [2.45, 2.75) is 84.5 Å². The van der Waals surface area contributed by atoms with Gasteiger partial charge in [0.25, 0.3) is 0 Å². The number of carbonyl (C=O) groups is 2. The monoisotopic (exact) mass is 390 g/mol. The minimum atomic E-state index is 0.0978. The van der Waals surface area contributed by atoms with Gasteiger partial charge in [-0.15, -0.1) is 0 Å². The number of rotatable bonds is 12. The number of carbonyl (C=O) groups excluding carboxylic acids is 2. The van der Waals surface area contributed by atoms with Crippen LogP contribution in [0, 0.1) is 0 Å². The zero-order chi connectivity index (χ0) is 20.6. The molecular formula is C27H34O2. The molecule has 154 valence electrons. The molecule has 0 aromatic heterocycles. The highest BCUT2D eigenvalue weighted by molar-refractivity contribution is 5.98. The number of fused-ring (bicyclic) bond motifs is 3. The van der Waals surface area contributed by atoms with Crippen molar-refractivity contribution in [3.05, 3.63) is 58.7 Å². The van der Waals surface area contributed by atoms with Gasteiger partial charge in [-0.1, -0.05) is 82.6 Å². The first kappa shape index (κ1) is 21.5. The summed E-state index contributed by atoms with van der Waals surface area (Å²) in [7, 11) is 0. The Morgan fingerprint density at radius 1 is 0.724 bits per heavy atom. The van der Waals surface area contributed by atoms with Crippen molar-refractivity contribution in [2.24, 2.45) is 0 Å². The summed E-state index contributed by atoms with van der Waals surface area (Å²) < 4.78 is 0. The molecule has 0 N–H and O–H groups in total. The van der Waals surface area contributed by atoms with E-state index >= 15 is 0 Å². The fraction of sp³-hybridized carbons (Fsp3) is 0.481. The van der Waals surface area contributed by atoms with Crippen molar-refractivity contribution in [1.29, 1.82) is 0 Å². The molecule has 2 nitrogen and oxygen atoms in total. The largest absolute Gasteiger partial charge is 0.295 e. The first-order valence-corrected chi connectivity index (χ1v) is 11.4. The highest BCUT2D eigenvalue weighted by Gasteiger charge is 2.20. The molecule has 0 amide bonds. The van der Waals surface area contributed by atoms with Gasteiger partial charge in [0.15, 0.2) is 11.6 Å². The second-order valence-corrected chi connectivity index (χ2v) is 8.48. The molecule has 0 bridgehead atoms. The Morgan fingerprint density at radius 2 is 1.24 bits per heavy atom. The molecule has 0 fully saturated rings. The molecule has 3 rings (SSSR count). The van der Waals surface area contributed by atoms with Crippen molar-refractivity contribution in [2.75, 3.05) is 0 Å². The fourth-order valence-electron chi connectivity index (χ4n) is 4.34. The first-order valence-electron chi connectivity index (χ1n) is 11.4. The van der Waals surface area contributed by atoms with E-state index in [0.717, 1.165) is 30.4 Å². The summed E-state index contributed by atoms with van der Waals surface area (Å²) in [5.74, 6) is 0.358. The van der Waals surface area contributed by atoms with Gasteiger partial charge in [-0.3, -0.25) is 9.59 Å². The van der Waals surface area contributed by atoms with E-state index in [9.17, 15) is 9.59 Å². The smallest absolute Gasteiger partial charge is 0.162 e. The molecule has 0 unspecified atom stereocenters. The van der Waals surface area contributed by atoms with Crippen LogP contribution in [0.4, 0.5) is 0 Å². The molecule has 2 heteroatoms. The van der Waals surface area contributed by atoms with Crippen LogP contribution < -0.4 is 0 Å². The van der Waals surface area contributed by atoms with Gasteiger partial charge in [-0.25, -0.2) is 0 Å². The van der Waals surface area contributed by atoms with Crippen LogP contribution in [0.3, 0.4) is 0 Å². The average Bonchev–Trinajstić information content (AvgIpc) is 3.09. The van der Waals surface area contributed by atoms with Crippen LogP contribution in [0.25, 0.3) is 11.1 Å². The third-order valence-electron chi connectivity index (χ3n) is 6.12. The molecule has 29 heavy (non-hydrogen) atoms. The van der Waals surface area contributed by atoms with Crippen LogP contribution in [0.2, 0.25) is 0 Å². The maximum atomic E-state index is 12.6. The van der Waals surface area contributed by atoms with E-state index in [2.05, 4.69) is 19.1 Å². The second-order valence-electron chi connectivity index (χ2n) is 8.48. The third kappa shape index (κ3) is 5.65. The van der Waals surface area contributed by atoms with Crippen LogP contribution in [-0.2, 0) is 6.42 Å². The summed E-state index contributed by atoms with van der Waals surface area (Å²) in [5, 5.41) is 0. The molecule has 0 atom stereocenters. The summed E-state index contributed by atoms with van der Waals surface area (Å²) >= 11 is 0. The van der Waals surface area contributed by atoms with Crippen molar-refractivity contribution in [1.82, 2.24) is 0 Å². The van der Waals surface area contributed by atoms with Gasteiger partial charge in [-0.05, 0) is 54.2 Å². The Kier molecular flexibility index (Phi) is 7.80. The number of unbranched alkanes of at least 4 members (excludes halogenated alkanes) is 8. The minimum absolute atomic E-state index is 0.0978. The Morgan fingerprint density at radius 3 is 1.83 bits per heavy atom. The highest BCUT2D eigenvalue weighted by atomic mass is 16.1. The molecule has 2 aromatic carbocycles. The van der Waals surface area contributed by atoms with E-state index in [1.807, 2.05) is 24.3 Å². The quantitative estimate of drug-likeness (QED) is 0.236. The Hall–Kier alpha value is -2.22. The number of hydrogen-bond donors (Lipinski definition) is 0. The fourth-order valence-corrected chi connectivity index (χ4v) is 4.34. The Balaban J connectivity index is 1.47. The van der Waals surface area contributed by atoms with E-state index in [1.54, 1.807) is 6.92 Å². The number of benzene rings is 2. The topological polar surface area (TPSA) is 34.1 Å². The van der Waals surface area contributed by atoms with Gasteiger partial charge >= 0.3 is 0 Å². The molecule has 0 saturated carbocycles. The van der Waals surface area contributed by atoms with Gasteiger partial charge in [-0.2, -0.15) is 0 Å². The van der Waals surface area contributed by atoms with E-state index in [1.165, 1.54) is 67.2 Å². The molecule has 2 aromatic rings. The predicted molar refractivity (Wildman–Crippen MR) is 121 cm³/mol. The Bertz CT molecular complexity index is 863. The van der Waals surface area contributed by atoms with Crippen molar-refractivity contribution in [3.63, 3.8) is 0 Å². The number of hydrogen-bond acceptors (Lipinski definition) is 2. The van der Waals surface area contributed by atoms with Crippen LogP contribution in [0.1, 0.15) is 110 Å². The normalized spacial score (nSPS) is 11.9. The lowest BCUT2D eigenvalue weighted by Gasteiger charge is -2.06. The predicted octanol–water partition coefficient (Wildman–Crippen LogP) is 7.56. The second kappa shape index (κ2) is 10.5. The lowest BCUT2D eigenvalue weighted by atomic mass is 9.98. The maximum absolute atomic E-state index is 12.6. The van der Waals surface area contributed by atoms with Crippen molar-refractivity contribution in [3.8, 4) is 11.1 Å². The van der Waals surface area contributed by atoms with Gasteiger partial charge in [0, 0.05) is 17.5 Å². The summed E-state index contributed by atoms with van der Waals surface area (Å²) in [6, 6.07) is 12.1. The number of ketones is 2. The van der Waals surface area contributed by atoms with Crippen molar-refractivity contribution >= 4 is 11.6 Å². The maximum Gasteiger partial charge on any atom is 0.162 e. The van der Waals surface area contributed by atoms with E-state index < -0.39 is 0 Å². The first-order chi connectivity index (χ1) is 14.1. The zero-order valence-corrected chi connectivity index (χ0v) is 18.1. The molecule has 1 aliphatic rings. The van der Waals surface area contributed by atoms with Gasteiger partial charge in [0.2, 0.25) is 0 Å². The molecule has 0 heterocycles. The van der Waals surface area contributed by atoms with Gasteiger partial charge in [0.1, 0.15) is 0 Å².